The Kier molecular flexibility index (Phi) is 5.27. The number of nitrogens with one attached hydrogen (secondary N) is 2. The SMILES string of the molecule is Cn1c(-c2cc(NCC(F)(F)F)ncn2)cc2cnc(NC3CCOCC3)cc21. The zero-order valence-electron chi connectivity index (χ0n) is 15.8. The van der Waals surface area contributed by atoms with E-state index in [0.717, 1.165) is 48.5 Å². The predicted molar refractivity (Wildman–Crippen MR) is 104 cm³/mol. The third kappa shape index (κ3) is 4.58. The summed E-state index contributed by atoms with van der Waals surface area (Å²) >= 11 is 0. The van der Waals surface area contributed by atoms with Crippen molar-refractivity contribution in [3.63, 3.8) is 0 Å². The number of fused-ring (bicyclic) bond motifs is 1. The molecule has 0 amide bonds. The maximum absolute atomic E-state index is 12.4. The van der Waals surface area contributed by atoms with Gasteiger partial charge in [-0.2, -0.15) is 13.2 Å². The van der Waals surface area contributed by atoms with Gasteiger partial charge in [0.25, 0.3) is 0 Å². The zero-order chi connectivity index (χ0) is 20.4. The van der Waals surface area contributed by atoms with Crippen molar-refractivity contribution in [3.05, 3.63) is 30.7 Å². The Balaban J connectivity index is 1.59. The van der Waals surface area contributed by atoms with Crippen LogP contribution in [0.4, 0.5) is 24.8 Å². The number of alkyl halides is 3. The lowest BCUT2D eigenvalue weighted by Crippen LogP contribution is -2.28. The van der Waals surface area contributed by atoms with Crippen LogP contribution in [0.15, 0.2) is 30.7 Å². The van der Waals surface area contributed by atoms with Gasteiger partial charge in [0.15, 0.2) is 0 Å². The standard InChI is InChI=1S/C19H21F3N6O/c1-28-15-8-18(27-13-2-4-29-5-3-13)23-9-12(15)6-16(28)14-7-17(26-11-25-14)24-10-19(20,21)22/h6-9,11,13H,2-5,10H2,1H3,(H,23,27)(H,24,25,26). The summed E-state index contributed by atoms with van der Waals surface area (Å²) in [6, 6.07) is 5.72. The summed E-state index contributed by atoms with van der Waals surface area (Å²) in [5.41, 5.74) is 2.25. The van der Waals surface area contributed by atoms with Crippen molar-refractivity contribution in [2.24, 2.45) is 7.05 Å². The minimum Gasteiger partial charge on any atom is -0.381 e. The van der Waals surface area contributed by atoms with Crippen LogP contribution in [0.5, 0.6) is 0 Å². The topological polar surface area (TPSA) is 76.9 Å². The van der Waals surface area contributed by atoms with E-state index in [9.17, 15) is 13.2 Å². The van der Waals surface area contributed by atoms with E-state index < -0.39 is 12.7 Å². The maximum atomic E-state index is 12.4. The van der Waals surface area contributed by atoms with Gasteiger partial charge in [0.1, 0.15) is 24.5 Å². The summed E-state index contributed by atoms with van der Waals surface area (Å²) in [5.74, 6) is 0.907. The molecule has 154 valence electrons. The van der Waals surface area contributed by atoms with Crippen molar-refractivity contribution in [1.82, 2.24) is 19.5 Å². The van der Waals surface area contributed by atoms with Crippen molar-refractivity contribution < 1.29 is 17.9 Å². The zero-order valence-corrected chi connectivity index (χ0v) is 15.8. The molecule has 1 aliphatic rings. The molecule has 7 nitrogen and oxygen atoms in total. The first kappa shape index (κ1) is 19.4. The fourth-order valence-corrected chi connectivity index (χ4v) is 3.39. The molecule has 3 aromatic rings. The Morgan fingerprint density at radius 2 is 1.90 bits per heavy atom. The molecule has 1 aliphatic heterocycles. The summed E-state index contributed by atoms with van der Waals surface area (Å²) < 4.78 is 44.7. The summed E-state index contributed by atoms with van der Waals surface area (Å²) in [4.78, 5) is 12.6. The highest BCUT2D eigenvalue weighted by molar-refractivity contribution is 5.87. The number of hydrogen-bond donors (Lipinski definition) is 2. The second-order valence-electron chi connectivity index (χ2n) is 7.01. The molecule has 2 N–H and O–H groups in total. The van der Waals surface area contributed by atoms with E-state index in [2.05, 4.69) is 25.6 Å². The fourth-order valence-electron chi connectivity index (χ4n) is 3.39. The normalized spacial score (nSPS) is 15.6. The molecule has 0 bridgehead atoms. The number of aryl methyl sites for hydroxylation is 1. The van der Waals surface area contributed by atoms with Gasteiger partial charge in [0.05, 0.1) is 16.9 Å². The molecule has 4 rings (SSSR count). The number of nitrogens with zero attached hydrogens (tertiary/aromatic N) is 4. The largest absolute Gasteiger partial charge is 0.405 e. The van der Waals surface area contributed by atoms with Gasteiger partial charge >= 0.3 is 6.18 Å². The molecular weight excluding hydrogens is 385 g/mol. The number of hydrogen-bond acceptors (Lipinski definition) is 6. The van der Waals surface area contributed by atoms with Gasteiger partial charge in [-0.1, -0.05) is 0 Å². The van der Waals surface area contributed by atoms with Gasteiger partial charge in [-0.15, -0.1) is 0 Å². The van der Waals surface area contributed by atoms with Crippen LogP contribution in [0.25, 0.3) is 22.3 Å². The number of halogens is 3. The highest BCUT2D eigenvalue weighted by atomic mass is 19.4. The Hall–Kier alpha value is -2.88. The molecule has 3 aromatic heterocycles. The average molecular weight is 406 g/mol. The molecule has 0 radical (unpaired) electrons. The van der Waals surface area contributed by atoms with E-state index in [-0.39, 0.29) is 5.82 Å². The van der Waals surface area contributed by atoms with Crippen LogP contribution in [-0.4, -0.2) is 51.5 Å². The Morgan fingerprint density at radius 1 is 1.10 bits per heavy atom. The summed E-state index contributed by atoms with van der Waals surface area (Å²) in [6.45, 7) is 0.336. The van der Waals surface area contributed by atoms with Gasteiger partial charge in [0.2, 0.25) is 0 Å². The third-order valence-electron chi connectivity index (χ3n) is 4.90. The lowest BCUT2D eigenvalue weighted by Gasteiger charge is -2.23. The van der Waals surface area contributed by atoms with Crippen molar-refractivity contribution in [1.29, 1.82) is 0 Å². The van der Waals surface area contributed by atoms with Crippen LogP contribution in [0, 0.1) is 0 Å². The highest BCUT2D eigenvalue weighted by Crippen LogP contribution is 2.28. The molecular formula is C19H21F3N6O. The molecule has 0 saturated carbocycles. The van der Waals surface area contributed by atoms with E-state index >= 15 is 0 Å². The van der Waals surface area contributed by atoms with Crippen molar-refractivity contribution in [3.8, 4) is 11.4 Å². The lowest BCUT2D eigenvalue weighted by molar-refractivity contribution is -0.115. The maximum Gasteiger partial charge on any atom is 0.405 e. The van der Waals surface area contributed by atoms with Crippen molar-refractivity contribution in [2.45, 2.75) is 25.1 Å². The molecule has 1 fully saturated rings. The molecule has 10 heteroatoms. The van der Waals surface area contributed by atoms with Gasteiger partial charge in [0, 0.05) is 50.0 Å². The lowest BCUT2D eigenvalue weighted by atomic mass is 10.1. The van der Waals surface area contributed by atoms with E-state index in [4.69, 9.17) is 4.74 Å². The van der Waals surface area contributed by atoms with E-state index in [1.54, 1.807) is 6.20 Å². The first-order valence-electron chi connectivity index (χ1n) is 9.32. The number of pyridine rings is 1. The fraction of sp³-hybridized carbons (Fsp3) is 0.421. The van der Waals surface area contributed by atoms with Gasteiger partial charge in [-0.25, -0.2) is 15.0 Å². The Bertz CT molecular complexity index is 997. The van der Waals surface area contributed by atoms with Crippen LogP contribution in [0.3, 0.4) is 0 Å². The molecule has 1 saturated heterocycles. The molecule has 0 aromatic carbocycles. The molecule has 0 atom stereocenters. The summed E-state index contributed by atoms with van der Waals surface area (Å²) in [6.07, 6.45) is 0.594. The first-order chi connectivity index (χ1) is 13.9. The predicted octanol–water partition coefficient (Wildman–Crippen LogP) is 3.60. The van der Waals surface area contributed by atoms with Gasteiger partial charge in [-0.3, -0.25) is 0 Å². The molecule has 29 heavy (non-hydrogen) atoms. The van der Waals surface area contributed by atoms with Crippen molar-refractivity contribution >= 4 is 22.5 Å². The van der Waals surface area contributed by atoms with Crippen molar-refractivity contribution in [2.75, 3.05) is 30.4 Å². The van der Waals surface area contributed by atoms with E-state index in [0.29, 0.717) is 11.7 Å². The van der Waals surface area contributed by atoms with E-state index in [1.165, 1.54) is 12.4 Å². The smallest absolute Gasteiger partial charge is 0.381 e. The second kappa shape index (κ2) is 7.86. The van der Waals surface area contributed by atoms with Crippen LogP contribution in [-0.2, 0) is 11.8 Å². The number of anilines is 2. The molecule has 0 unspecified atom stereocenters. The van der Waals surface area contributed by atoms with Crippen LogP contribution in [0.2, 0.25) is 0 Å². The van der Waals surface area contributed by atoms with Crippen LogP contribution in [0.1, 0.15) is 12.8 Å². The Labute approximate surface area is 165 Å². The molecule has 0 aliphatic carbocycles. The average Bonchev–Trinajstić information content (AvgIpc) is 3.03. The first-order valence-corrected chi connectivity index (χ1v) is 9.32. The summed E-state index contributed by atoms with van der Waals surface area (Å²) in [5, 5.41) is 6.65. The minimum atomic E-state index is -4.32. The van der Waals surface area contributed by atoms with Gasteiger partial charge < -0.3 is 19.9 Å². The third-order valence-corrected chi connectivity index (χ3v) is 4.90. The van der Waals surface area contributed by atoms with Crippen LogP contribution >= 0.6 is 0 Å². The minimum absolute atomic E-state index is 0.123. The number of aromatic nitrogens is 4. The number of rotatable bonds is 5. The van der Waals surface area contributed by atoms with Crippen LogP contribution < -0.4 is 10.6 Å². The quantitative estimate of drug-likeness (QED) is 0.674. The molecule has 4 heterocycles. The number of ether oxygens (including phenoxy) is 1. The monoisotopic (exact) mass is 406 g/mol. The summed E-state index contributed by atoms with van der Waals surface area (Å²) in [7, 11) is 1.89. The Morgan fingerprint density at radius 3 is 2.66 bits per heavy atom. The van der Waals surface area contributed by atoms with E-state index in [1.807, 2.05) is 23.7 Å². The highest BCUT2D eigenvalue weighted by Gasteiger charge is 2.27. The second-order valence-corrected chi connectivity index (χ2v) is 7.01. The van der Waals surface area contributed by atoms with Gasteiger partial charge in [-0.05, 0) is 18.9 Å². The molecule has 0 spiro atoms.